The molecule has 2 N–H and O–H groups in total. The molecule has 1 atom stereocenters. The largest absolute Gasteiger partial charge is 0.485 e. The van der Waals surface area contributed by atoms with Gasteiger partial charge in [-0.3, -0.25) is 14.5 Å². The fourth-order valence-electron chi connectivity index (χ4n) is 3.60. The number of ether oxygens (including phenoxy) is 1. The Morgan fingerprint density at radius 2 is 2.13 bits per heavy atom. The Labute approximate surface area is 177 Å². The number of rotatable bonds is 5. The highest BCUT2D eigenvalue weighted by atomic mass is 35.5. The lowest BCUT2D eigenvalue weighted by atomic mass is 10.1. The minimum atomic E-state index is -0.701. The first-order chi connectivity index (χ1) is 14.4. The monoisotopic (exact) mass is 434 g/mol. The van der Waals surface area contributed by atoms with E-state index in [9.17, 15) is 13.6 Å². The highest BCUT2D eigenvalue weighted by Crippen LogP contribution is 2.28. The molecule has 1 saturated heterocycles. The summed E-state index contributed by atoms with van der Waals surface area (Å²) in [7, 11) is 0. The third kappa shape index (κ3) is 4.11. The number of carbonyl (C=O) groups is 1. The molecule has 4 rings (SSSR count). The van der Waals surface area contributed by atoms with Gasteiger partial charge in [0.1, 0.15) is 23.9 Å². The van der Waals surface area contributed by atoms with Gasteiger partial charge in [-0.05, 0) is 44.9 Å². The number of fused-ring (bicyclic) bond motifs is 1. The molecule has 6 nitrogen and oxygen atoms in total. The fraction of sp³-hybridized carbons (Fsp3) is 0.333. The van der Waals surface area contributed by atoms with Crippen LogP contribution in [0.1, 0.15) is 41.0 Å². The van der Waals surface area contributed by atoms with Gasteiger partial charge >= 0.3 is 0 Å². The number of piperidine rings is 1. The maximum Gasteiger partial charge on any atom is 0.271 e. The zero-order chi connectivity index (χ0) is 21.3. The molecule has 9 heteroatoms. The summed E-state index contributed by atoms with van der Waals surface area (Å²) in [5.41, 5.74) is 0.977. The number of aryl methyl sites for hydroxylation is 1. The average Bonchev–Trinajstić information content (AvgIpc) is 3.04. The summed E-state index contributed by atoms with van der Waals surface area (Å²) in [6.07, 6.45) is 4.44. The van der Waals surface area contributed by atoms with E-state index in [0.717, 1.165) is 37.9 Å². The Kier molecular flexibility index (Phi) is 5.87. The van der Waals surface area contributed by atoms with Crippen LogP contribution < -0.4 is 15.4 Å². The molecule has 2 aromatic heterocycles. The Morgan fingerprint density at radius 3 is 2.83 bits per heavy atom. The van der Waals surface area contributed by atoms with Crippen molar-refractivity contribution in [2.75, 3.05) is 6.54 Å². The van der Waals surface area contributed by atoms with Crippen molar-refractivity contribution in [1.29, 1.82) is 0 Å². The molecule has 1 amide bonds. The van der Waals surface area contributed by atoms with Crippen LogP contribution in [0.2, 0.25) is 5.02 Å². The number of imidazole rings is 1. The van der Waals surface area contributed by atoms with Gasteiger partial charge in [0.15, 0.2) is 11.4 Å². The Hall–Kier alpha value is -2.71. The van der Waals surface area contributed by atoms with E-state index in [0.29, 0.717) is 22.1 Å². The summed E-state index contributed by atoms with van der Waals surface area (Å²) in [6, 6.07) is 5.12. The topological polar surface area (TPSA) is 67.7 Å². The van der Waals surface area contributed by atoms with E-state index in [2.05, 4.69) is 15.6 Å². The van der Waals surface area contributed by atoms with Crippen molar-refractivity contribution >= 4 is 23.2 Å². The number of benzene rings is 1. The summed E-state index contributed by atoms with van der Waals surface area (Å²) in [4.78, 5) is 17.3. The van der Waals surface area contributed by atoms with Crippen LogP contribution >= 0.6 is 11.6 Å². The predicted molar refractivity (Wildman–Crippen MR) is 109 cm³/mol. The highest BCUT2D eigenvalue weighted by molar-refractivity contribution is 6.30. The van der Waals surface area contributed by atoms with Crippen LogP contribution in [0.3, 0.4) is 0 Å². The molecule has 1 unspecified atom stereocenters. The third-order valence-corrected chi connectivity index (χ3v) is 5.30. The Bertz CT molecular complexity index is 1080. The fourth-order valence-corrected chi connectivity index (χ4v) is 3.79. The molecule has 0 saturated carbocycles. The van der Waals surface area contributed by atoms with E-state index in [4.69, 9.17) is 16.3 Å². The lowest BCUT2D eigenvalue weighted by molar-refractivity contribution is 0.0914. The van der Waals surface area contributed by atoms with Gasteiger partial charge in [-0.1, -0.05) is 17.7 Å². The number of carbonyl (C=O) groups excluding carboxylic acids is 1. The predicted octanol–water partition coefficient (Wildman–Crippen LogP) is 3.98. The standard InChI is InChI=1S/C21H21ClF2N4O2/c1-12-19(21(29)27-18-7-2-3-8-25-18)28-10-13(22)9-17(20(28)26-12)30-11-14-15(23)5-4-6-16(14)24/h4-6,9-10,18,25H,2-3,7-8,11H2,1H3,(H,27,29). The maximum atomic E-state index is 13.9. The molecule has 1 aliphatic rings. The van der Waals surface area contributed by atoms with Gasteiger partial charge in [-0.25, -0.2) is 13.8 Å². The molecule has 0 spiro atoms. The van der Waals surface area contributed by atoms with Gasteiger partial charge in [0.25, 0.3) is 5.91 Å². The van der Waals surface area contributed by atoms with E-state index in [1.165, 1.54) is 12.1 Å². The number of amides is 1. The maximum absolute atomic E-state index is 13.9. The molecule has 0 bridgehead atoms. The van der Waals surface area contributed by atoms with Gasteiger partial charge in [0, 0.05) is 12.3 Å². The number of hydrogen-bond acceptors (Lipinski definition) is 4. The smallest absolute Gasteiger partial charge is 0.271 e. The van der Waals surface area contributed by atoms with Crippen molar-refractivity contribution < 1.29 is 18.3 Å². The third-order valence-electron chi connectivity index (χ3n) is 5.09. The number of nitrogens with one attached hydrogen (secondary N) is 2. The van der Waals surface area contributed by atoms with E-state index >= 15 is 0 Å². The summed E-state index contributed by atoms with van der Waals surface area (Å²) >= 11 is 6.23. The minimum Gasteiger partial charge on any atom is -0.485 e. The van der Waals surface area contributed by atoms with Gasteiger partial charge in [0.05, 0.1) is 22.4 Å². The number of halogens is 3. The molecule has 0 aliphatic carbocycles. The zero-order valence-corrected chi connectivity index (χ0v) is 17.1. The van der Waals surface area contributed by atoms with E-state index in [1.807, 2.05) is 0 Å². The number of nitrogens with zero attached hydrogens (tertiary/aromatic N) is 2. The molecule has 3 aromatic rings. The van der Waals surface area contributed by atoms with Crippen LogP contribution in [-0.2, 0) is 6.61 Å². The first kappa shape index (κ1) is 20.6. The quantitative estimate of drug-likeness (QED) is 0.637. The van der Waals surface area contributed by atoms with Crippen LogP contribution in [0, 0.1) is 18.6 Å². The van der Waals surface area contributed by atoms with E-state index in [1.54, 1.807) is 17.5 Å². The Balaban J connectivity index is 1.64. The molecule has 1 aromatic carbocycles. The molecule has 1 fully saturated rings. The second kappa shape index (κ2) is 8.57. The summed E-state index contributed by atoms with van der Waals surface area (Å²) in [5, 5.41) is 6.54. The lowest BCUT2D eigenvalue weighted by Crippen LogP contribution is -2.48. The highest BCUT2D eigenvalue weighted by Gasteiger charge is 2.23. The zero-order valence-electron chi connectivity index (χ0n) is 16.3. The Morgan fingerprint density at radius 1 is 1.37 bits per heavy atom. The van der Waals surface area contributed by atoms with Crippen LogP contribution in [-0.4, -0.2) is 28.0 Å². The SMILES string of the molecule is Cc1nc2c(OCc3c(F)cccc3F)cc(Cl)cn2c1C(=O)NC1CCCCN1. The van der Waals surface area contributed by atoms with Crippen molar-refractivity contribution in [2.45, 2.75) is 39.0 Å². The number of pyridine rings is 1. The summed E-state index contributed by atoms with van der Waals surface area (Å²) in [5.74, 6) is -1.46. The van der Waals surface area contributed by atoms with Gasteiger partial charge in [0.2, 0.25) is 0 Å². The second-order valence-electron chi connectivity index (χ2n) is 7.23. The molecular weight excluding hydrogens is 414 g/mol. The van der Waals surface area contributed by atoms with Crippen LogP contribution in [0.25, 0.3) is 5.65 Å². The van der Waals surface area contributed by atoms with Gasteiger partial charge < -0.3 is 10.1 Å². The minimum absolute atomic E-state index is 0.102. The first-order valence-electron chi connectivity index (χ1n) is 9.72. The first-order valence-corrected chi connectivity index (χ1v) is 10.1. The van der Waals surface area contributed by atoms with Crippen molar-refractivity contribution in [1.82, 2.24) is 20.0 Å². The van der Waals surface area contributed by atoms with Crippen LogP contribution in [0.4, 0.5) is 8.78 Å². The van der Waals surface area contributed by atoms with E-state index in [-0.39, 0.29) is 30.0 Å². The summed E-state index contributed by atoms with van der Waals surface area (Å²) < 4.78 is 35.0. The average molecular weight is 435 g/mol. The van der Waals surface area contributed by atoms with Crippen LogP contribution in [0.5, 0.6) is 5.75 Å². The number of hydrogen-bond donors (Lipinski definition) is 2. The molecule has 3 heterocycles. The van der Waals surface area contributed by atoms with Gasteiger partial charge in [-0.2, -0.15) is 0 Å². The van der Waals surface area contributed by atoms with Crippen molar-refractivity contribution in [2.24, 2.45) is 0 Å². The molecule has 1 aliphatic heterocycles. The molecular formula is C21H21ClF2N4O2. The van der Waals surface area contributed by atoms with Crippen molar-refractivity contribution in [3.63, 3.8) is 0 Å². The molecule has 30 heavy (non-hydrogen) atoms. The molecule has 158 valence electrons. The second-order valence-corrected chi connectivity index (χ2v) is 7.66. The lowest BCUT2D eigenvalue weighted by Gasteiger charge is -2.24. The van der Waals surface area contributed by atoms with Crippen molar-refractivity contribution in [3.05, 3.63) is 64.1 Å². The number of aromatic nitrogens is 2. The summed E-state index contributed by atoms with van der Waals surface area (Å²) in [6.45, 7) is 2.23. The van der Waals surface area contributed by atoms with Gasteiger partial charge in [-0.15, -0.1) is 0 Å². The van der Waals surface area contributed by atoms with Crippen molar-refractivity contribution in [3.8, 4) is 5.75 Å². The molecule has 0 radical (unpaired) electrons. The van der Waals surface area contributed by atoms with E-state index < -0.39 is 11.6 Å². The normalized spacial score (nSPS) is 16.6. The van der Waals surface area contributed by atoms with Crippen LogP contribution in [0.15, 0.2) is 30.5 Å².